The van der Waals surface area contributed by atoms with Crippen molar-refractivity contribution in [2.75, 3.05) is 5.01 Å². The number of hydrogen-bond donors (Lipinski definition) is 3. The Hall–Kier alpha value is -1.55. The number of hydrogen-bond acceptors (Lipinski definition) is 2. The van der Waals surface area contributed by atoms with Gasteiger partial charge in [-0.15, -0.1) is 0 Å². The largest absolute Gasteiger partial charge is 0.369 e. The molecule has 5 N–H and O–H groups in total. The summed E-state index contributed by atoms with van der Waals surface area (Å²) in [5.41, 5.74) is 8.14. The fraction of sp³-hybridized carbons (Fsp3) is 0.222. The number of hydrazine groups is 1. The summed E-state index contributed by atoms with van der Waals surface area (Å²) in [7, 11) is 0. The second kappa shape index (κ2) is 3.45. The minimum Gasteiger partial charge on any atom is -0.369 e. The molecule has 0 unspecified atom stereocenters. The number of rotatable bonds is 1. The topological polar surface area (TPSA) is 79.1 Å². The third kappa shape index (κ3) is 1.97. The van der Waals surface area contributed by atoms with E-state index in [4.69, 9.17) is 17.0 Å². The molecule has 1 rings (SSSR count). The number of guanidine groups is 1. The van der Waals surface area contributed by atoms with Gasteiger partial charge in [0.1, 0.15) is 0 Å². The second-order valence-corrected chi connectivity index (χ2v) is 3.05. The number of anilines is 1. The normalized spacial score (nSPS) is 9.77. The van der Waals surface area contributed by atoms with Crippen LogP contribution in [0.1, 0.15) is 11.1 Å². The minimum atomic E-state index is -0.159. The van der Waals surface area contributed by atoms with Crippen molar-refractivity contribution in [2.45, 2.75) is 13.8 Å². The van der Waals surface area contributed by atoms with E-state index in [0.717, 1.165) is 16.8 Å². The number of nitrogens with zero attached hydrogens (tertiary/aromatic N) is 1. The molecule has 0 heterocycles. The van der Waals surface area contributed by atoms with Gasteiger partial charge >= 0.3 is 0 Å². The van der Waals surface area contributed by atoms with Crippen LogP contribution < -0.4 is 16.6 Å². The summed E-state index contributed by atoms with van der Waals surface area (Å²) >= 11 is 0. The molecular weight excluding hydrogens is 164 g/mol. The Morgan fingerprint density at radius 3 is 2.54 bits per heavy atom. The highest BCUT2D eigenvalue weighted by Gasteiger charge is 2.06. The van der Waals surface area contributed by atoms with Crippen molar-refractivity contribution in [2.24, 2.45) is 11.6 Å². The maximum absolute atomic E-state index is 7.18. The monoisotopic (exact) mass is 178 g/mol. The zero-order chi connectivity index (χ0) is 10.0. The first-order valence-electron chi connectivity index (χ1n) is 3.98. The Balaban J connectivity index is 3.12. The van der Waals surface area contributed by atoms with Gasteiger partial charge in [-0.25, -0.2) is 10.9 Å². The molecule has 0 aliphatic carbocycles. The van der Waals surface area contributed by atoms with Crippen LogP contribution in [-0.2, 0) is 0 Å². The summed E-state index contributed by atoms with van der Waals surface area (Å²) in [6.45, 7) is 3.90. The molecule has 0 aliphatic heterocycles. The average molecular weight is 178 g/mol. The van der Waals surface area contributed by atoms with Gasteiger partial charge < -0.3 is 5.73 Å². The van der Waals surface area contributed by atoms with E-state index in [-0.39, 0.29) is 5.96 Å². The van der Waals surface area contributed by atoms with Gasteiger partial charge in [0, 0.05) is 0 Å². The third-order valence-corrected chi connectivity index (χ3v) is 1.88. The van der Waals surface area contributed by atoms with Crippen LogP contribution in [0.2, 0.25) is 0 Å². The van der Waals surface area contributed by atoms with Gasteiger partial charge in [0.25, 0.3) is 0 Å². The highest BCUT2D eigenvalue weighted by molar-refractivity contribution is 5.92. The number of aryl methyl sites for hydroxylation is 2. The van der Waals surface area contributed by atoms with Crippen LogP contribution in [0, 0.1) is 19.3 Å². The molecule has 0 atom stereocenters. The van der Waals surface area contributed by atoms with E-state index in [1.54, 1.807) is 0 Å². The lowest BCUT2D eigenvalue weighted by molar-refractivity contribution is 1.08. The zero-order valence-corrected chi connectivity index (χ0v) is 7.83. The van der Waals surface area contributed by atoms with E-state index in [1.807, 2.05) is 32.0 Å². The lowest BCUT2D eigenvalue weighted by Crippen LogP contribution is -2.42. The Kier molecular flexibility index (Phi) is 2.53. The van der Waals surface area contributed by atoms with Crippen LogP contribution in [0.4, 0.5) is 5.69 Å². The van der Waals surface area contributed by atoms with Gasteiger partial charge in [0.2, 0.25) is 5.96 Å². The van der Waals surface area contributed by atoms with Crippen LogP contribution in [-0.4, -0.2) is 5.96 Å². The molecule has 0 saturated carbocycles. The molecule has 0 aromatic heterocycles. The van der Waals surface area contributed by atoms with Gasteiger partial charge in [-0.3, -0.25) is 5.41 Å². The van der Waals surface area contributed by atoms with Gasteiger partial charge in [-0.2, -0.15) is 0 Å². The van der Waals surface area contributed by atoms with Crippen molar-refractivity contribution in [3.05, 3.63) is 29.3 Å². The number of nitrogens with two attached hydrogens (primary N) is 2. The highest BCUT2D eigenvalue weighted by Crippen LogP contribution is 2.18. The van der Waals surface area contributed by atoms with E-state index in [0.29, 0.717) is 0 Å². The molecule has 70 valence electrons. The van der Waals surface area contributed by atoms with E-state index in [1.165, 1.54) is 5.01 Å². The molecule has 0 radical (unpaired) electrons. The zero-order valence-electron chi connectivity index (χ0n) is 7.83. The summed E-state index contributed by atoms with van der Waals surface area (Å²) < 4.78 is 0. The number of benzene rings is 1. The summed E-state index contributed by atoms with van der Waals surface area (Å²) in [5.74, 6) is 5.43. The molecule has 0 aliphatic rings. The van der Waals surface area contributed by atoms with Crippen LogP contribution >= 0.6 is 0 Å². The SMILES string of the molecule is Cc1ccc(C)c(N(N)C(=N)N)c1. The first-order valence-corrected chi connectivity index (χ1v) is 3.98. The molecule has 1 aromatic rings. The van der Waals surface area contributed by atoms with Crippen LogP contribution in [0.3, 0.4) is 0 Å². The van der Waals surface area contributed by atoms with Gasteiger partial charge in [-0.1, -0.05) is 12.1 Å². The standard InChI is InChI=1S/C9H14N4/c1-6-3-4-7(2)8(5-6)13(12)9(10)11/h3-5H,12H2,1-2H3,(H3,10,11). The Labute approximate surface area is 77.6 Å². The third-order valence-electron chi connectivity index (χ3n) is 1.88. The molecule has 4 nitrogen and oxygen atoms in total. The molecule has 0 spiro atoms. The lowest BCUT2D eigenvalue weighted by Gasteiger charge is -2.18. The smallest absolute Gasteiger partial charge is 0.207 e. The second-order valence-electron chi connectivity index (χ2n) is 3.05. The van der Waals surface area contributed by atoms with Crippen molar-refractivity contribution in [3.63, 3.8) is 0 Å². The minimum absolute atomic E-state index is 0.159. The average Bonchev–Trinajstić information content (AvgIpc) is 2.08. The lowest BCUT2D eigenvalue weighted by atomic mass is 10.1. The Bertz CT molecular complexity index is 332. The first kappa shape index (κ1) is 9.54. The fourth-order valence-electron chi connectivity index (χ4n) is 1.11. The molecule has 13 heavy (non-hydrogen) atoms. The molecular formula is C9H14N4. The molecule has 0 fully saturated rings. The molecule has 0 bridgehead atoms. The summed E-state index contributed by atoms with van der Waals surface area (Å²) in [4.78, 5) is 0. The van der Waals surface area contributed by atoms with E-state index >= 15 is 0 Å². The van der Waals surface area contributed by atoms with Crippen molar-refractivity contribution >= 4 is 11.6 Å². The maximum Gasteiger partial charge on any atom is 0.207 e. The molecule has 1 aromatic carbocycles. The van der Waals surface area contributed by atoms with Crippen LogP contribution in [0.15, 0.2) is 18.2 Å². The Morgan fingerprint density at radius 2 is 2.00 bits per heavy atom. The van der Waals surface area contributed by atoms with E-state index in [9.17, 15) is 0 Å². The van der Waals surface area contributed by atoms with Gasteiger partial charge in [0.05, 0.1) is 5.69 Å². The fourth-order valence-corrected chi connectivity index (χ4v) is 1.11. The quantitative estimate of drug-likeness (QED) is 0.258. The summed E-state index contributed by atoms with van der Waals surface area (Å²) in [6.07, 6.45) is 0. The number of nitrogens with one attached hydrogen (secondary N) is 1. The van der Waals surface area contributed by atoms with Crippen molar-refractivity contribution in [3.8, 4) is 0 Å². The maximum atomic E-state index is 7.18. The summed E-state index contributed by atoms with van der Waals surface area (Å²) in [6, 6.07) is 5.84. The van der Waals surface area contributed by atoms with Gasteiger partial charge in [0.15, 0.2) is 0 Å². The molecule has 0 saturated heterocycles. The predicted octanol–water partition coefficient (Wildman–Crippen LogP) is 0.877. The van der Waals surface area contributed by atoms with Crippen molar-refractivity contribution in [1.82, 2.24) is 0 Å². The van der Waals surface area contributed by atoms with Crippen LogP contribution in [0.5, 0.6) is 0 Å². The molecule has 4 heteroatoms. The highest BCUT2D eigenvalue weighted by atomic mass is 15.5. The first-order chi connectivity index (χ1) is 6.02. The van der Waals surface area contributed by atoms with Gasteiger partial charge in [-0.05, 0) is 31.0 Å². The Morgan fingerprint density at radius 1 is 1.38 bits per heavy atom. The van der Waals surface area contributed by atoms with E-state index in [2.05, 4.69) is 0 Å². The molecule has 0 amide bonds. The predicted molar refractivity (Wildman–Crippen MR) is 54.5 cm³/mol. The van der Waals surface area contributed by atoms with Crippen molar-refractivity contribution in [1.29, 1.82) is 5.41 Å². The van der Waals surface area contributed by atoms with E-state index < -0.39 is 0 Å². The van der Waals surface area contributed by atoms with Crippen LogP contribution in [0.25, 0.3) is 0 Å². The summed E-state index contributed by atoms with van der Waals surface area (Å²) in [5, 5.41) is 8.35. The van der Waals surface area contributed by atoms with Crippen molar-refractivity contribution < 1.29 is 0 Å².